The normalized spacial score (nSPS) is 12.6. The van der Waals surface area contributed by atoms with Crippen LogP contribution in [0, 0.1) is 6.92 Å². The van der Waals surface area contributed by atoms with Crippen LogP contribution in [0.3, 0.4) is 0 Å². The summed E-state index contributed by atoms with van der Waals surface area (Å²) in [5, 5.41) is 13.2. The van der Waals surface area contributed by atoms with Gasteiger partial charge in [0.05, 0.1) is 23.4 Å². The van der Waals surface area contributed by atoms with Crippen LogP contribution >= 0.6 is 11.3 Å². The third-order valence-corrected chi connectivity index (χ3v) is 3.57. The van der Waals surface area contributed by atoms with Gasteiger partial charge in [-0.1, -0.05) is 24.3 Å². The van der Waals surface area contributed by atoms with Gasteiger partial charge in [0.1, 0.15) is 0 Å². The molecule has 0 bridgehead atoms. The van der Waals surface area contributed by atoms with Crippen LogP contribution in [0.1, 0.15) is 27.9 Å². The summed E-state index contributed by atoms with van der Waals surface area (Å²) >= 11 is 1.61. The number of thiazole rings is 1. The van der Waals surface area contributed by atoms with Gasteiger partial charge in [0.2, 0.25) is 0 Å². The molecule has 1 aromatic heterocycles. The number of aryl methyl sites for hydroxylation is 1. The number of aromatic nitrogens is 1. The number of hydrogen-bond acceptors (Lipinski definition) is 4. The smallest absolute Gasteiger partial charge is 0.0897 e. The van der Waals surface area contributed by atoms with Gasteiger partial charge in [0.25, 0.3) is 0 Å². The minimum Gasteiger partial charge on any atom is -0.388 e. The molecule has 18 heavy (non-hydrogen) atoms. The van der Waals surface area contributed by atoms with Crippen molar-refractivity contribution in [3.8, 4) is 0 Å². The van der Waals surface area contributed by atoms with E-state index in [4.69, 9.17) is 4.74 Å². The lowest BCUT2D eigenvalue weighted by Gasteiger charge is -2.10. The molecule has 0 aliphatic rings. The summed E-state index contributed by atoms with van der Waals surface area (Å²) in [6.07, 6.45) is 0.0663. The maximum atomic E-state index is 10.1. The molecule has 1 unspecified atom stereocenters. The predicted octanol–water partition coefficient (Wildman–Crippen LogP) is 2.87. The van der Waals surface area contributed by atoms with Crippen LogP contribution < -0.4 is 0 Å². The molecule has 0 saturated heterocycles. The predicted molar refractivity (Wildman–Crippen MR) is 72.7 cm³/mol. The van der Waals surface area contributed by atoms with E-state index in [-0.39, 0.29) is 0 Å². The van der Waals surface area contributed by atoms with Gasteiger partial charge in [-0.15, -0.1) is 11.3 Å². The Kier molecular flexibility index (Phi) is 4.47. The fraction of sp³-hybridized carbons (Fsp3) is 0.357. The van der Waals surface area contributed by atoms with E-state index in [1.54, 1.807) is 18.4 Å². The number of benzene rings is 1. The summed E-state index contributed by atoms with van der Waals surface area (Å²) in [5.74, 6) is 0. The second-order valence-electron chi connectivity index (χ2n) is 4.25. The molecule has 4 heteroatoms. The summed E-state index contributed by atoms with van der Waals surface area (Å²) in [6, 6.07) is 7.85. The highest BCUT2D eigenvalue weighted by molar-refractivity contribution is 7.09. The molecule has 1 atom stereocenters. The van der Waals surface area contributed by atoms with Gasteiger partial charge in [-0.2, -0.15) is 0 Å². The Morgan fingerprint density at radius 3 is 2.61 bits per heavy atom. The number of hydrogen-bond donors (Lipinski definition) is 1. The van der Waals surface area contributed by atoms with Gasteiger partial charge in [0.15, 0.2) is 0 Å². The Morgan fingerprint density at radius 1 is 1.33 bits per heavy atom. The lowest BCUT2D eigenvalue weighted by atomic mass is 10.0. The largest absolute Gasteiger partial charge is 0.388 e. The Hall–Kier alpha value is -1.23. The second kappa shape index (κ2) is 6.09. The van der Waals surface area contributed by atoms with E-state index < -0.39 is 6.10 Å². The van der Waals surface area contributed by atoms with E-state index in [9.17, 15) is 5.11 Å². The molecule has 3 nitrogen and oxygen atoms in total. The fourth-order valence-electron chi connectivity index (χ4n) is 1.82. The molecule has 2 rings (SSSR count). The average molecular weight is 263 g/mol. The van der Waals surface area contributed by atoms with Crippen molar-refractivity contribution in [1.82, 2.24) is 4.98 Å². The first-order valence-electron chi connectivity index (χ1n) is 5.86. The van der Waals surface area contributed by atoms with Crippen molar-refractivity contribution in [2.24, 2.45) is 0 Å². The molecule has 96 valence electrons. The molecule has 1 heterocycles. The molecule has 2 aromatic rings. The number of ether oxygens (including phenoxy) is 1. The van der Waals surface area contributed by atoms with Gasteiger partial charge >= 0.3 is 0 Å². The molecular formula is C14H17NO2S. The zero-order valence-electron chi connectivity index (χ0n) is 10.6. The van der Waals surface area contributed by atoms with Crippen molar-refractivity contribution < 1.29 is 9.84 Å². The molecule has 0 spiro atoms. The van der Waals surface area contributed by atoms with Gasteiger partial charge in [-0.25, -0.2) is 4.98 Å². The number of aliphatic hydroxyl groups excluding tert-OH is 1. The zero-order chi connectivity index (χ0) is 13.0. The lowest BCUT2D eigenvalue weighted by Crippen LogP contribution is -2.02. The molecule has 0 fully saturated rings. The lowest BCUT2D eigenvalue weighted by molar-refractivity contribution is 0.176. The maximum absolute atomic E-state index is 10.1. The first-order chi connectivity index (χ1) is 8.69. The monoisotopic (exact) mass is 263 g/mol. The molecular weight excluding hydrogens is 246 g/mol. The standard InChI is InChI=1S/C14H17NO2S/c1-10-15-13(9-18-10)7-14(16)12-5-3-11(4-6-12)8-17-2/h3-6,9,14,16H,7-8H2,1-2H3. The van der Waals surface area contributed by atoms with E-state index in [2.05, 4.69) is 4.98 Å². The molecule has 1 aromatic carbocycles. The summed E-state index contributed by atoms with van der Waals surface area (Å²) in [7, 11) is 1.67. The van der Waals surface area contributed by atoms with Crippen LogP contribution in [0.2, 0.25) is 0 Å². The maximum Gasteiger partial charge on any atom is 0.0897 e. The second-order valence-corrected chi connectivity index (χ2v) is 5.31. The molecule has 0 aliphatic heterocycles. The summed E-state index contributed by atoms with van der Waals surface area (Å²) in [6.45, 7) is 2.57. The minimum absolute atomic E-state index is 0.497. The Bertz CT molecular complexity index is 493. The number of aliphatic hydroxyl groups is 1. The van der Waals surface area contributed by atoms with E-state index in [0.29, 0.717) is 13.0 Å². The van der Waals surface area contributed by atoms with Crippen molar-refractivity contribution in [2.45, 2.75) is 26.1 Å². The van der Waals surface area contributed by atoms with E-state index >= 15 is 0 Å². The van der Waals surface area contributed by atoms with Crippen LogP contribution in [0.4, 0.5) is 0 Å². The first kappa shape index (κ1) is 13.2. The molecule has 0 saturated carbocycles. The Labute approximate surface area is 111 Å². The topological polar surface area (TPSA) is 42.4 Å². The van der Waals surface area contributed by atoms with Crippen molar-refractivity contribution in [3.63, 3.8) is 0 Å². The van der Waals surface area contributed by atoms with Crippen LogP contribution in [-0.4, -0.2) is 17.2 Å². The summed E-state index contributed by atoms with van der Waals surface area (Å²) in [5.41, 5.74) is 2.98. The van der Waals surface area contributed by atoms with Crippen molar-refractivity contribution in [1.29, 1.82) is 0 Å². The van der Waals surface area contributed by atoms with Gasteiger partial charge in [-0.05, 0) is 18.1 Å². The highest BCUT2D eigenvalue weighted by atomic mass is 32.1. The molecule has 1 N–H and O–H groups in total. The quantitative estimate of drug-likeness (QED) is 0.902. The number of nitrogens with zero attached hydrogens (tertiary/aromatic N) is 1. The van der Waals surface area contributed by atoms with Crippen LogP contribution in [-0.2, 0) is 17.8 Å². The number of rotatable bonds is 5. The highest BCUT2D eigenvalue weighted by Crippen LogP contribution is 2.20. The Balaban J connectivity index is 2.02. The van der Waals surface area contributed by atoms with Crippen molar-refractivity contribution in [3.05, 3.63) is 51.5 Å². The Morgan fingerprint density at radius 2 is 2.06 bits per heavy atom. The zero-order valence-corrected chi connectivity index (χ0v) is 11.4. The molecule has 0 amide bonds. The van der Waals surface area contributed by atoms with Crippen LogP contribution in [0.15, 0.2) is 29.6 Å². The third kappa shape index (κ3) is 3.38. The SMILES string of the molecule is COCc1ccc(C(O)Cc2csc(C)n2)cc1. The van der Waals surface area contributed by atoms with Gasteiger partial charge in [0, 0.05) is 18.9 Å². The van der Waals surface area contributed by atoms with Crippen molar-refractivity contribution in [2.75, 3.05) is 7.11 Å². The summed E-state index contributed by atoms with van der Waals surface area (Å²) < 4.78 is 5.06. The fourth-order valence-corrected chi connectivity index (χ4v) is 2.45. The third-order valence-electron chi connectivity index (χ3n) is 2.74. The van der Waals surface area contributed by atoms with Crippen molar-refractivity contribution >= 4 is 11.3 Å². The van der Waals surface area contributed by atoms with Crippen LogP contribution in [0.25, 0.3) is 0 Å². The number of methoxy groups -OCH3 is 1. The molecule has 0 aliphatic carbocycles. The van der Waals surface area contributed by atoms with Crippen LogP contribution in [0.5, 0.6) is 0 Å². The average Bonchev–Trinajstić information content (AvgIpc) is 2.76. The highest BCUT2D eigenvalue weighted by Gasteiger charge is 2.10. The van der Waals surface area contributed by atoms with Gasteiger partial charge in [-0.3, -0.25) is 0 Å². The first-order valence-corrected chi connectivity index (χ1v) is 6.74. The van der Waals surface area contributed by atoms with Gasteiger partial charge < -0.3 is 9.84 Å². The minimum atomic E-state index is -0.497. The van der Waals surface area contributed by atoms with E-state index in [1.807, 2.05) is 36.6 Å². The van der Waals surface area contributed by atoms with E-state index in [1.165, 1.54) is 0 Å². The van der Waals surface area contributed by atoms with E-state index in [0.717, 1.165) is 21.8 Å². The molecule has 0 radical (unpaired) electrons. The summed E-state index contributed by atoms with van der Waals surface area (Å²) in [4.78, 5) is 4.36.